The summed E-state index contributed by atoms with van der Waals surface area (Å²) in [5.74, 6) is 1.10. The van der Waals surface area contributed by atoms with Gasteiger partial charge in [0.05, 0.1) is 18.6 Å². The van der Waals surface area contributed by atoms with Crippen molar-refractivity contribution < 1.29 is 19.4 Å². The first kappa shape index (κ1) is 14.0. The molecule has 5 heteroatoms. The van der Waals surface area contributed by atoms with Crippen LogP contribution in [0.3, 0.4) is 0 Å². The second-order valence-electron chi connectivity index (χ2n) is 6.83. The second-order valence-corrected chi connectivity index (χ2v) is 6.83. The van der Waals surface area contributed by atoms with Crippen molar-refractivity contribution in [2.75, 3.05) is 21.2 Å². The van der Waals surface area contributed by atoms with Crippen LogP contribution in [0.4, 0.5) is 0 Å². The Balaban J connectivity index is 1.95. The number of carbonyl (C=O) groups is 1. The number of hydrogen-bond acceptors (Lipinski definition) is 5. The summed E-state index contributed by atoms with van der Waals surface area (Å²) in [4.78, 5) is 14.4. The van der Waals surface area contributed by atoms with E-state index < -0.39 is 11.7 Å². The quantitative estimate of drug-likeness (QED) is 0.887. The lowest BCUT2D eigenvalue weighted by molar-refractivity contribution is -0.145. The highest BCUT2D eigenvalue weighted by molar-refractivity contribution is 5.88. The molecule has 1 aromatic carbocycles. The van der Waals surface area contributed by atoms with E-state index in [9.17, 15) is 9.90 Å². The third-order valence-electron chi connectivity index (χ3n) is 5.57. The zero-order valence-corrected chi connectivity index (χ0v) is 13.1. The summed E-state index contributed by atoms with van der Waals surface area (Å²) in [6.45, 7) is 0. The fourth-order valence-corrected chi connectivity index (χ4v) is 4.54. The third kappa shape index (κ3) is 1.58. The van der Waals surface area contributed by atoms with Crippen LogP contribution in [-0.4, -0.2) is 54.7 Å². The van der Waals surface area contributed by atoms with E-state index in [4.69, 9.17) is 9.47 Å². The average Bonchev–Trinajstić information content (AvgIpc) is 2.90. The number of ether oxygens (including phenoxy) is 2. The van der Waals surface area contributed by atoms with Crippen LogP contribution in [0, 0.1) is 0 Å². The van der Waals surface area contributed by atoms with E-state index in [1.807, 2.05) is 26.2 Å². The molecule has 1 unspecified atom stereocenters. The minimum absolute atomic E-state index is 0.0106. The lowest BCUT2D eigenvalue weighted by Crippen LogP contribution is -2.62. The van der Waals surface area contributed by atoms with Crippen molar-refractivity contribution in [1.29, 1.82) is 0 Å². The molecule has 1 heterocycles. The Hall–Kier alpha value is -1.59. The average molecular weight is 303 g/mol. The Morgan fingerprint density at radius 1 is 1.41 bits per heavy atom. The van der Waals surface area contributed by atoms with Crippen molar-refractivity contribution in [1.82, 2.24) is 4.90 Å². The molecule has 0 aromatic heterocycles. The Morgan fingerprint density at radius 3 is 2.86 bits per heavy atom. The molecule has 0 spiro atoms. The van der Waals surface area contributed by atoms with Gasteiger partial charge in [0.1, 0.15) is 0 Å². The minimum atomic E-state index is -0.924. The van der Waals surface area contributed by atoms with Gasteiger partial charge in [-0.25, -0.2) is 0 Å². The van der Waals surface area contributed by atoms with Crippen molar-refractivity contribution in [3.8, 4) is 11.5 Å². The van der Waals surface area contributed by atoms with Gasteiger partial charge in [0.25, 0.3) is 0 Å². The van der Waals surface area contributed by atoms with Crippen LogP contribution in [0.1, 0.15) is 29.9 Å². The van der Waals surface area contributed by atoms with E-state index in [0.717, 1.165) is 17.5 Å². The van der Waals surface area contributed by atoms with Crippen LogP contribution < -0.4 is 9.47 Å². The highest BCUT2D eigenvalue weighted by atomic mass is 16.5. The molecule has 4 rings (SSSR count). The lowest BCUT2D eigenvalue weighted by atomic mass is 9.61. The molecule has 4 atom stereocenters. The number of methoxy groups -OCH3 is 1. The molecule has 1 saturated carbocycles. The summed E-state index contributed by atoms with van der Waals surface area (Å²) in [7, 11) is 5.57. The van der Waals surface area contributed by atoms with Gasteiger partial charge in [-0.2, -0.15) is 0 Å². The van der Waals surface area contributed by atoms with Gasteiger partial charge in [-0.1, -0.05) is 6.07 Å². The number of nitrogens with zero attached hydrogens (tertiary/aromatic N) is 1. The van der Waals surface area contributed by atoms with Crippen molar-refractivity contribution in [2.24, 2.45) is 0 Å². The van der Waals surface area contributed by atoms with Gasteiger partial charge in [-0.3, -0.25) is 4.79 Å². The summed E-state index contributed by atoms with van der Waals surface area (Å²) >= 11 is 0. The number of ketones is 1. The Labute approximate surface area is 129 Å². The van der Waals surface area contributed by atoms with Crippen LogP contribution in [0.25, 0.3) is 0 Å². The van der Waals surface area contributed by atoms with Gasteiger partial charge in [-0.15, -0.1) is 0 Å². The maximum atomic E-state index is 12.4. The van der Waals surface area contributed by atoms with Gasteiger partial charge < -0.3 is 19.5 Å². The van der Waals surface area contributed by atoms with Crippen molar-refractivity contribution in [3.05, 3.63) is 23.3 Å². The van der Waals surface area contributed by atoms with E-state index >= 15 is 0 Å². The molecule has 1 aromatic rings. The number of hydrogen-bond donors (Lipinski definition) is 1. The largest absolute Gasteiger partial charge is 0.493 e. The van der Waals surface area contributed by atoms with Crippen LogP contribution in [0.5, 0.6) is 11.5 Å². The van der Waals surface area contributed by atoms with Gasteiger partial charge >= 0.3 is 0 Å². The van der Waals surface area contributed by atoms with E-state index in [1.165, 1.54) is 0 Å². The molecular formula is C17H21NO4. The molecule has 1 N–H and O–H groups in total. The maximum Gasteiger partial charge on any atom is 0.174 e. The van der Waals surface area contributed by atoms with Gasteiger partial charge in [0.2, 0.25) is 0 Å². The highest BCUT2D eigenvalue weighted by Crippen LogP contribution is 2.58. The minimum Gasteiger partial charge on any atom is -0.493 e. The fraction of sp³-hybridized carbons (Fsp3) is 0.588. The number of rotatable bonds is 2. The molecule has 5 nitrogen and oxygen atoms in total. The number of likely N-dealkylation sites (N-methyl/N-ethyl adjacent to an activating group) is 1. The first-order valence-electron chi connectivity index (χ1n) is 7.75. The predicted octanol–water partition coefficient (Wildman–Crippen LogP) is 1.12. The summed E-state index contributed by atoms with van der Waals surface area (Å²) in [5.41, 5.74) is 1.21. The van der Waals surface area contributed by atoms with Crippen molar-refractivity contribution in [2.45, 2.75) is 42.9 Å². The summed E-state index contributed by atoms with van der Waals surface area (Å²) in [6, 6.07) is 3.93. The topological polar surface area (TPSA) is 59.0 Å². The molecule has 2 aliphatic carbocycles. The zero-order chi connectivity index (χ0) is 15.6. The van der Waals surface area contributed by atoms with Crippen LogP contribution in [-0.2, 0) is 11.2 Å². The maximum absolute atomic E-state index is 12.4. The van der Waals surface area contributed by atoms with Crippen molar-refractivity contribution in [3.63, 3.8) is 0 Å². The molecule has 22 heavy (non-hydrogen) atoms. The molecule has 0 amide bonds. The molecule has 0 bridgehead atoms. The van der Waals surface area contributed by atoms with Crippen LogP contribution in [0.2, 0.25) is 0 Å². The van der Waals surface area contributed by atoms with E-state index in [0.29, 0.717) is 24.3 Å². The monoisotopic (exact) mass is 303 g/mol. The Kier molecular flexibility index (Phi) is 2.84. The first-order valence-corrected chi connectivity index (χ1v) is 7.75. The smallest absolute Gasteiger partial charge is 0.174 e. The number of Topliss-reactive ketones (excluding diaryl/α,β-unsaturated/α-hetero) is 1. The molecule has 1 fully saturated rings. The second kappa shape index (κ2) is 4.46. The number of aliphatic hydroxyl groups is 1. The van der Waals surface area contributed by atoms with Gasteiger partial charge in [0.15, 0.2) is 23.4 Å². The highest BCUT2D eigenvalue weighted by Gasteiger charge is 2.61. The number of benzene rings is 1. The lowest BCUT2D eigenvalue weighted by Gasteiger charge is -2.50. The molecular weight excluding hydrogens is 282 g/mol. The summed E-state index contributed by atoms with van der Waals surface area (Å²) in [5, 5.41) is 11.4. The first-order chi connectivity index (χ1) is 10.5. The Bertz CT molecular complexity index is 656. The summed E-state index contributed by atoms with van der Waals surface area (Å²) < 4.78 is 11.4. The SMILES string of the molecule is COc1ccc2c3c1O[C@H]1C(=O)CC[C@](O)(C31)[C@H](N(C)C)C2. The summed E-state index contributed by atoms with van der Waals surface area (Å²) in [6.07, 6.45) is 1.05. The fourth-order valence-electron chi connectivity index (χ4n) is 4.54. The van der Waals surface area contributed by atoms with Crippen molar-refractivity contribution >= 4 is 5.78 Å². The van der Waals surface area contributed by atoms with E-state index in [-0.39, 0.29) is 17.7 Å². The van der Waals surface area contributed by atoms with Gasteiger partial charge in [-0.05, 0) is 38.6 Å². The number of carbonyl (C=O) groups excluding carboxylic acids is 1. The molecule has 118 valence electrons. The molecule has 3 aliphatic rings. The standard InChI is InChI=1S/C17H21NO4/c1-18(2)12-8-9-4-5-11(21-3)16-13(9)14-15(22-16)10(19)6-7-17(12,14)20/h4-5,12,14-15,20H,6-8H2,1-3H3/t12-,14?,15+,17-/m1/s1. The molecule has 0 radical (unpaired) electrons. The predicted molar refractivity (Wildman–Crippen MR) is 80.5 cm³/mol. The van der Waals surface area contributed by atoms with Crippen LogP contribution in [0.15, 0.2) is 12.1 Å². The molecule has 0 saturated heterocycles. The van der Waals surface area contributed by atoms with Crippen LogP contribution >= 0.6 is 0 Å². The van der Waals surface area contributed by atoms with E-state index in [2.05, 4.69) is 4.90 Å². The third-order valence-corrected chi connectivity index (χ3v) is 5.57. The van der Waals surface area contributed by atoms with Gasteiger partial charge in [0, 0.05) is 18.0 Å². The normalized spacial score (nSPS) is 35.3. The van der Waals surface area contributed by atoms with E-state index in [1.54, 1.807) is 7.11 Å². The molecule has 1 aliphatic heterocycles. The Morgan fingerprint density at radius 2 is 2.18 bits per heavy atom. The zero-order valence-electron chi connectivity index (χ0n) is 13.1.